The van der Waals surface area contributed by atoms with Crippen LogP contribution in [0.1, 0.15) is 61.9 Å². The van der Waals surface area contributed by atoms with E-state index in [2.05, 4.69) is 10.6 Å². The van der Waals surface area contributed by atoms with E-state index in [1.807, 2.05) is 0 Å². The second-order valence-corrected chi connectivity index (χ2v) is 8.34. The first-order valence-corrected chi connectivity index (χ1v) is 11.4. The van der Waals surface area contributed by atoms with Gasteiger partial charge in [0.05, 0.1) is 6.61 Å². The fourth-order valence-corrected chi connectivity index (χ4v) is 3.48. The van der Waals surface area contributed by atoms with Crippen LogP contribution in [0.15, 0.2) is 12.1 Å². The molecule has 2 amide bonds. The lowest BCUT2D eigenvalue weighted by Gasteiger charge is -2.22. The number of carbonyl (C=O) groups excluding carboxylic acids is 5. The van der Waals surface area contributed by atoms with Gasteiger partial charge in [0.1, 0.15) is 23.2 Å². The number of esters is 1. The number of aryl methyl sites for hydroxylation is 1. The van der Waals surface area contributed by atoms with Crippen LogP contribution in [0.2, 0.25) is 0 Å². The number of hydrogen-bond donors (Lipinski definition) is 3. The van der Waals surface area contributed by atoms with E-state index in [9.17, 15) is 29.1 Å². The number of cyclic esters (lactones) is 1. The van der Waals surface area contributed by atoms with Gasteiger partial charge in [-0.05, 0) is 50.2 Å². The summed E-state index contributed by atoms with van der Waals surface area (Å²) >= 11 is 0. The lowest BCUT2D eigenvalue weighted by Crippen LogP contribution is -2.33. The summed E-state index contributed by atoms with van der Waals surface area (Å²) in [6.45, 7) is 4.08. The molecule has 10 heteroatoms. The van der Waals surface area contributed by atoms with Crippen molar-refractivity contribution in [1.29, 1.82) is 0 Å². The monoisotopic (exact) mass is 476 g/mol. The minimum Gasteiger partial charge on any atom is -0.507 e. The van der Waals surface area contributed by atoms with E-state index in [-0.39, 0.29) is 62.0 Å². The Kier molecular flexibility index (Phi) is 10.0. The fraction of sp³-hybridized carbons (Fsp3) is 0.542. The number of rotatable bonds is 5. The van der Waals surface area contributed by atoms with Gasteiger partial charge in [0.2, 0.25) is 11.6 Å². The summed E-state index contributed by atoms with van der Waals surface area (Å²) in [5.41, 5.74) is 0.395. The molecule has 2 rings (SSSR count). The smallest absolute Gasteiger partial charge is 0.342 e. The summed E-state index contributed by atoms with van der Waals surface area (Å²) in [5.74, 6) is -3.44. The van der Waals surface area contributed by atoms with Crippen LogP contribution in [0.5, 0.6) is 11.5 Å². The zero-order chi connectivity index (χ0) is 25.3. The van der Waals surface area contributed by atoms with Gasteiger partial charge in [-0.15, -0.1) is 0 Å². The molecule has 1 aliphatic rings. The molecule has 1 aromatic carbocycles. The molecule has 0 spiro atoms. The van der Waals surface area contributed by atoms with Gasteiger partial charge < -0.3 is 25.2 Å². The van der Waals surface area contributed by atoms with Gasteiger partial charge in [-0.2, -0.15) is 0 Å². The molecule has 0 fully saturated rings. The second kappa shape index (κ2) is 12.7. The Balaban J connectivity index is 2.22. The van der Waals surface area contributed by atoms with Gasteiger partial charge in [-0.25, -0.2) is 9.59 Å². The molecule has 1 heterocycles. The number of urea groups is 1. The van der Waals surface area contributed by atoms with Gasteiger partial charge in [-0.1, -0.05) is 6.92 Å². The van der Waals surface area contributed by atoms with E-state index in [4.69, 9.17) is 9.47 Å². The van der Waals surface area contributed by atoms with Gasteiger partial charge >= 0.3 is 12.0 Å². The van der Waals surface area contributed by atoms with Crippen LogP contribution in [0, 0.1) is 5.92 Å². The Morgan fingerprint density at radius 1 is 1.12 bits per heavy atom. The average Bonchev–Trinajstić information content (AvgIpc) is 2.80. The molecule has 0 radical (unpaired) electrons. The zero-order valence-corrected chi connectivity index (χ0v) is 19.8. The quantitative estimate of drug-likeness (QED) is 0.332. The highest BCUT2D eigenvalue weighted by Crippen LogP contribution is 2.31. The number of carbonyl (C=O) groups is 5. The predicted octanol–water partition coefficient (Wildman–Crippen LogP) is 2.10. The summed E-state index contributed by atoms with van der Waals surface area (Å²) < 4.78 is 11.2. The molecule has 34 heavy (non-hydrogen) atoms. The largest absolute Gasteiger partial charge is 0.507 e. The van der Waals surface area contributed by atoms with Gasteiger partial charge in [-0.3, -0.25) is 14.4 Å². The molecular weight excluding hydrogens is 444 g/mol. The number of amides is 2. The number of ketones is 3. The fourth-order valence-electron chi connectivity index (χ4n) is 3.48. The van der Waals surface area contributed by atoms with Gasteiger partial charge in [0, 0.05) is 32.5 Å². The minimum atomic E-state index is -1.00. The molecule has 3 N–H and O–H groups in total. The van der Waals surface area contributed by atoms with Crippen LogP contribution in [0.3, 0.4) is 0 Å². The number of nitrogens with one attached hydrogen (secondary N) is 2. The molecule has 186 valence electrons. The van der Waals surface area contributed by atoms with Gasteiger partial charge in [0.15, 0.2) is 0 Å². The molecule has 1 aromatic rings. The minimum absolute atomic E-state index is 0.0143. The highest BCUT2D eigenvalue weighted by Gasteiger charge is 2.27. The van der Waals surface area contributed by atoms with Crippen LogP contribution in [0.25, 0.3) is 0 Å². The van der Waals surface area contributed by atoms with E-state index < -0.39 is 29.4 Å². The summed E-state index contributed by atoms with van der Waals surface area (Å²) in [4.78, 5) is 60.3. The maximum absolute atomic E-state index is 12.9. The Bertz CT molecular complexity index is 943. The van der Waals surface area contributed by atoms with E-state index in [0.717, 1.165) is 0 Å². The number of Topliss-reactive ketones (excluding diaryl/α,β-unsaturated/α-hetero) is 3. The van der Waals surface area contributed by atoms with Crippen molar-refractivity contribution in [2.24, 2.45) is 5.92 Å². The SMILES string of the molecule is CNC(=O)NCCCOc1cc(O)c2c(c1)CCCC(=O)C(=O)C(=O)CC[C@@H](C)[C@H](C)OC2=O. The van der Waals surface area contributed by atoms with Crippen molar-refractivity contribution in [3.63, 3.8) is 0 Å². The van der Waals surface area contributed by atoms with Crippen LogP contribution in [-0.4, -0.2) is 60.8 Å². The molecule has 0 bridgehead atoms. The lowest BCUT2D eigenvalue weighted by molar-refractivity contribution is -0.144. The van der Waals surface area contributed by atoms with E-state index in [1.54, 1.807) is 19.9 Å². The number of phenols is 1. The van der Waals surface area contributed by atoms with Crippen molar-refractivity contribution in [3.05, 3.63) is 23.3 Å². The maximum atomic E-state index is 12.9. The first-order valence-electron chi connectivity index (χ1n) is 11.4. The third kappa shape index (κ3) is 7.57. The molecule has 0 saturated heterocycles. The molecule has 2 atom stereocenters. The van der Waals surface area contributed by atoms with Gasteiger partial charge in [0.25, 0.3) is 5.78 Å². The first-order chi connectivity index (χ1) is 16.1. The van der Waals surface area contributed by atoms with Crippen LogP contribution in [-0.2, 0) is 25.5 Å². The molecule has 0 unspecified atom stereocenters. The summed E-state index contributed by atoms with van der Waals surface area (Å²) in [7, 11) is 1.51. The Morgan fingerprint density at radius 2 is 1.82 bits per heavy atom. The van der Waals surface area contributed by atoms with Crippen molar-refractivity contribution in [1.82, 2.24) is 10.6 Å². The van der Waals surface area contributed by atoms with Crippen molar-refractivity contribution < 1.29 is 38.6 Å². The molecule has 0 saturated carbocycles. The predicted molar refractivity (Wildman–Crippen MR) is 122 cm³/mol. The summed E-state index contributed by atoms with van der Waals surface area (Å²) in [6.07, 6.45) is 0.356. The molecule has 0 aromatic heterocycles. The number of fused-ring (bicyclic) bond motifs is 1. The third-order valence-electron chi connectivity index (χ3n) is 5.76. The van der Waals surface area contributed by atoms with E-state index in [1.165, 1.54) is 13.1 Å². The highest BCUT2D eigenvalue weighted by atomic mass is 16.5. The van der Waals surface area contributed by atoms with Crippen molar-refractivity contribution in [2.75, 3.05) is 20.2 Å². The highest BCUT2D eigenvalue weighted by molar-refractivity contribution is 6.63. The Labute approximate surface area is 198 Å². The van der Waals surface area contributed by atoms with E-state index >= 15 is 0 Å². The number of aromatic hydroxyl groups is 1. The van der Waals surface area contributed by atoms with Crippen molar-refractivity contribution >= 4 is 29.4 Å². The number of ether oxygens (including phenoxy) is 2. The Hall–Kier alpha value is -3.43. The second-order valence-electron chi connectivity index (χ2n) is 8.34. The first kappa shape index (κ1) is 26.8. The maximum Gasteiger partial charge on any atom is 0.342 e. The molecular formula is C24H32N2O8. The summed E-state index contributed by atoms with van der Waals surface area (Å²) in [5, 5.41) is 15.7. The number of phenolic OH excluding ortho intramolecular Hbond substituents is 1. The van der Waals surface area contributed by atoms with Crippen LogP contribution < -0.4 is 15.4 Å². The number of hydrogen-bond acceptors (Lipinski definition) is 8. The van der Waals surface area contributed by atoms with Crippen LogP contribution >= 0.6 is 0 Å². The van der Waals surface area contributed by atoms with Crippen LogP contribution in [0.4, 0.5) is 4.79 Å². The topological polar surface area (TPSA) is 148 Å². The third-order valence-corrected chi connectivity index (χ3v) is 5.76. The normalized spacial score (nSPS) is 20.1. The molecule has 10 nitrogen and oxygen atoms in total. The zero-order valence-electron chi connectivity index (χ0n) is 19.8. The average molecular weight is 477 g/mol. The molecule has 0 aliphatic carbocycles. The number of benzene rings is 1. The Morgan fingerprint density at radius 3 is 2.53 bits per heavy atom. The van der Waals surface area contributed by atoms with Crippen molar-refractivity contribution in [3.8, 4) is 11.5 Å². The lowest BCUT2D eigenvalue weighted by atomic mass is 9.94. The van der Waals surface area contributed by atoms with E-state index in [0.29, 0.717) is 24.3 Å². The standard InChI is InChI=1S/C24H32N2O8/c1-14-8-9-19(28)22(30)18(27)7-4-6-16-12-17(33-11-5-10-26-24(32)25-3)13-20(29)21(16)23(31)34-15(14)2/h12-15,29H,4-11H2,1-3H3,(H2,25,26,32)/t14-,15+/m1/s1. The van der Waals surface area contributed by atoms with Crippen molar-refractivity contribution in [2.45, 2.75) is 58.5 Å². The molecule has 1 aliphatic heterocycles. The summed E-state index contributed by atoms with van der Waals surface area (Å²) in [6, 6.07) is 2.59.